The molecular formula is C23H22N2O4. The van der Waals surface area contributed by atoms with E-state index in [1.807, 2.05) is 36.4 Å². The van der Waals surface area contributed by atoms with E-state index in [0.717, 1.165) is 37.7 Å². The number of fused-ring (bicyclic) bond motifs is 1. The number of carbonyl (C=O) groups is 2. The van der Waals surface area contributed by atoms with E-state index in [0.29, 0.717) is 28.5 Å². The molecule has 29 heavy (non-hydrogen) atoms. The molecule has 2 heterocycles. The first-order valence-corrected chi connectivity index (χ1v) is 10.1. The van der Waals surface area contributed by atoms with Crippen LogP contribution in [0.25, 0.3) is 5.57 Å². The van der Waals surface area contributed by atoms with Crippen LogP contribution in [0.1, 0.15) is 37.7 Å². The van der Waals surface area contributed by atoms with Gasteiger partial charge in [-0.3, -0.25) is 14.5 Å². The van der Waals surface area contributed by atoms with Crippen molar-refractivity contribution >= 4 is 23.1 Å². The Hall–Kier alpha value is -3.28. The molecule has 5 rings (SSSR count). The van der Waals surface area contributed by atoms with E-state index in [-0.39, 0.29) is 24.6 Å². The zero-order valence-corrected chi connectivity index (χ0v) is 16.0. The molecule has 0 radical (unpaired) electrons. The first-order valence-electron chi connectivity index (χ1n) is 10.1. The van der Waals surface area contributed by atoms with E-state index >= 15 is 0 Å². The lowest BCUT2D eigenvalue weighted by Gasteiger charge is -2.29. The summed E-state index contributed by atoms with van der Waals surface area (Å²) in [4.78, 5) is 28.2. The van der Waals surface area contributed by atoms with Crippen LogP contribution in [-0.4, -0.2) is 29.5 Å². The Kier molecular flexibility index (Phi) is 4.46. The summed E-state index contributed by atoms with van der Waals surface area (Å²) < 4.78 is 10.8. The minimum atomic E-state index is -0.251. The molecule has 6 heteroatoms. The maximum absolute atomic E-state index is 13.4. The number of nitrogens with one attached hydrogen (secondary N) is 1. The minimum Gasteiger partial charge on any atom is -0.454 e. The Morgan fingerprint density at radius 2 is 1.62 bits per heavy atom. The topological polar surface area (TPSA) is 67.9 Å². The van der Waals surface area contributed by atoms with Gasteiger partial charge in [0.1, 0.15) is 5.70 Å². The Bertz CT molecular complexity index is 993. The lowest BCUT2D eigenvalue weighted by molar-refractivity contribution is -0.140. The smallest absolute Gasteiger partial charge is 0.278 e. The van der Waals surface area contributed by atoms with Gasteiger partial charge in [0, 0.05) is 17.8 Å². The van der Waals surface area contributed by atoms with E-state index in [4.69, 9.17) is 9.47 Å². The van der Waals surface area contributed by atoms with E-state index in [1.54, 1.807) is 12.1 Å². The Labute approximate surface area is 169 Å². The Morgan fingerprint density at radius 3 is 2.41 bits per heavy atom. The summed E-state index contributed by atoms with van der Waals surface area (Å²) in [5.41, 5.74) is 2.18. The molecule has 148 valence electrons. The summed E-state index contributed by atoms with van der Waals surface area (Å²) in [5, 5.41) is 3.20. The van der Waals surface area contributed by atoms with Crippen molar-refractivity contribution in [1.29, 1.82) is 0 Å². The molecule has 2 amide bonds. The number of rotatable bonds is 4. The molecular weight excluding hydrogens is 368 g/mol. The third kappa shape index (κ3) is 3.14. The van der Waals surface area contributed by atoms with Crippen LogP contribution in [0.4, 0.5) is 5.69 Å². The lowest BCUT2D eigenvalue weighted by atomic mass is 9.94. The summed E-state index contributed by atoms with van der Waals surface area (Å²) >= 11 is 0. The standard InChI is InChI=1S/C23H22N2O4/c26-22-20(15-7-3-1-4-8-15)21(23(27)25(22)17-9-5-2-6-10-17)24-16-11-12-18-19(13-16)29-14-28-18/h1,3-4,7-8,11-13,17,24H,2,5-6,9-10,14H2. The van der Waals surface area contributed by atoms with E-state index in [2.05, 4.69) is 5.32 Å². The van der Waals surface area contributed by atoms with Crippen molar-refractivity contribution in [2.24, 2.45) is 0 Å². The molecule has 1 fully saturated rings. The number of anilines is 1. The maximum atomic E-state index is 13.4. The van der Waals surface area contributed by atoms with Crippen LogP contribution >= 0.6 is 0 Å². The Balaban J connectivity index is 1.53. The summed E-state index contributed by atoms with van der Waals surface area (Å²) in [6.07, 6.45) is 5.00. The summed E-state index contributed by atoms with van der Waals surface area (Å²) in [6, 6.07) is 14.8. The van der Waals surface area contributed by atoms with Gasteiger partial charge >= 0.3 is 0 Å². The molecule has 0 bridgehead atoms. The molecule has 0 unspecified atom stereocenters. The van der Waals surface area contributed by atoms with Gasteiger partial charge in [0.15, 0.2) is 11.5 Å². The fourth-order valence-electron chi connectivity index (χ4n) is 4.33. The van der Waals surface area contributed by atoms with Crippen molar-refractivity contribution in [3.05, 3.63) is 59.8 Å². The van der Waals surface area contributed by atoms with Crippen LogP contribution in [-0.2, 0) is 9.59 Å². The number of benzene rings is 2. The van der Waals surface area contributed by atoms with Crippen LogP contribution in [0.2, 0.25) is 0 Å². The van der Waals surface area contributed by atoms with Gasteiger partial charge in [-0.1, -0.05) is 49.6 Å². The average molecular weight is 390 g/mol. The number of ether oxygens (including phenoxy) is 2. The summed E-state index contributed by atoms with van der Waals surface area (Å²) in [7, 11) is 0. The SMILES string of the molecule is O=C1C(Nc2ccc3c(c2)OCO3)=C(c2ccccc2)C(=O)N1C1CCCCC1. The van der Waals surface area contributed by atoms with E-state index in [1.165, 1.54) is 4.90 Å². The molecule has 1 aliphatic carbocycles. The van der Waals surface area contributed by atoms with Crippen LogP contribution in [0.3, 0.4) is 0 Å². The van der Waals surface area contributed by atoms with Crippen LogP contribution in [0.15, 0.2) is 54.2 Å². The third-order valence-electron chi connectivity index (χ3n) is 5.76. The molecule has 6 nitrogen and oxygen atoms in total. The van der Waals surface area contributed by atoms with Gasteiger partial charge in [-0.25, -0.2) is 0 Å². The second kappa shape index (κ2) is 7.28. The van der Waals surface area contributed by atoms with Crippen molar-refractivity contribution < 1.29 is 19.1 Å². The normalized spacial score (nSPS) is 19.2. The highest BCUT2D eigenvalue weighted by atomic mass is 16.7. The van der Waals surface area contributed by atoms with Crippen LogP contribution < -0.4 is 14.8 Å². The minimum absolute atomic E-state index is 0.0292. The van der Waals surface area contributed by atoms with Crippen LogP contribution in [0, 0.1) is 0 Å². The number of hydrogen-bond donors (Lipinski definition) is 1. The first kappa shape index (κ1) is 17.8. The molecule has 1 N–H and O–H groups in total. The predicted molar refractivity (Wildman–Crippen MR) is 108 cm³/mol. The molecule has 2 aromatic rings. The number of carbonyl (C=O) groups excluding carboxylic acids is 2. The van der Waals surface area contributed by atoms with E-state index < -0.39 is 0 Å². The number of hydrogen-bond acceptors (Lipinski definition) is 5. The van der Waals surface area contributed by atoms with Gasteiger partial charge in [0.25, 0.3) is 11.8 Å². The molecule has 1 saturated carbocycles. The second-order valence-corrected chi connectivity index (χ2v) is 7.58. The number of nitrogens with zero attached hydrogens (tertiary/aromatic N) is 1. The van der Waals surface area contributed by atoms with Crippen LogP contribution in [0.5, 0.6) is 11.5 Å². The molecule has 0 spiro atoms. The molecule has 0 saturated heterocycles. The van der Waals surface area contributed by atoms with Crippen molar-refractivity contribution in [3.8, 4) is 11.5 Å². The number of amides is 2. The monoisotopic (exact) mass is 390 g/mol. The third-order valence-corrected chi connectivity index (χ3v) is 5.76. The van der Waals surface area contributed by atoms with Gasteiger partial charge < -0.3 is 14.8 Å². The molecule has 0 aromatic heterocycles. The zero-order chi connectivity index (χ0) is 19.8. The summed E-state index contributed by atoms with van der Waals surface area (Å²) in [5.74, 6) is 0.831. The van der Waals surface area contributed by atoms with Gasteiger partial charge in [-0.15, -0.1) is 0 Å². The Morgan fingerprint density at radius 1 is 0.862 bits per heavy atom. The highest BCUT2D eigenvalue weighted by molar-refractivity contribution is 6.36. The van der Waals surface area contributed by atoms with Gasteiger partial charge in [-0.2, -0.15) is 0 Å². The highest BCUT2D eigenvalue weighted by Crippen LogP contribution is 2.38. The second-order valence-electron chi connectivity index (χ2n) is 7.58. The largest absolute Gasteiger partial charge is 0.454 e. The fraction of sp³-hybridized carbons (Fsp3) is 0.304. The van der Waals surface area contributed by atoms with Gasteiger partial charge in [-0.05, 0) is 30.5 Å². The van der Waals surface area contributed by atoms with Crippen molar-refractivity contribution in [2.75, 3.05) is 12.1 Å². The molecule has 2 aliphatic heterocycles. The number of imide groups is 1. The summed E-state index contributed by atoms with van der Waals surface area (Å²) in [6.45, 7) is 0.184. The average Bonchev–Trinajstić information content (AvgIpc) is 3.31. The maximum Gasteiger partial charge on any atom is 0.278 e. The van der Waals surface area contributed by atoms with E-state index in [9.17, 15) is 9.59 Å². The zero-order valence-electron chi connectivity index (χ0n) is 16.0. The molecule has 2 aromatic carbocycles. The van der Waals surface area contributed by atoms with Gasteiger partial charge in [0.2, 0.25) is 6.79 Å². The fourth-order valence-corrected chi connectivity index (χ4v) is 4.33. The van der Waals surface area contributed by atoms with Crippen molar-refractivity contribution in [2.45, 2.75) is 38.1 Å². The molecule has 0 atom stereocenters. The quantitative estimate of drug-likeness (QED) is 0.801. The molecule has 3 aliphatic rings. The van der Waals surface area contributed by atoms with Crippen molar-refractivity contribution in [1.82, 2.24) is 4.90 Å². The predicted octanol–water partition coefficient (Wildman–Crippen LogP) is 3.94. The highest BCUT2D eigenvalue weighted by Gasteiger charge is 2.43. The first-order chi connectivity index (χ1) is 14.2. The van der Waals surface area contributed by atoms with Gasteiger partial charge in [0.05, 0.1) is 5.57 Å². The lowest BCUT2D eigenvalue weighted by Crippen LogP contribution is -2.42. The van der Waals surface area contributed by atoms with Crippen molar-refractivity contribution in [3.63, 3.8) is 0 Å².